The van der Waals surface area contributed by atoms with Gasteiger partial charge in [0, 0.05) is 39.4 Å². The number of nitrogens with zero attached hydrogens (tertiary/aromatic N) is 4. The summed E-state index contributed by atoms with van der Waals surface area (Å²) < 4.78 is 36.0. The van der Waals surface area contributed by atoms with E-state index in [0.29, 0.717) is 34.7 Å². The fourth-order valence-electron chi connectivity index (χ4n) is 3.04. The summed E-state index contributed by atoms with van der Waals surface area (Å²) in [4.78, 5) is 9.20. The molecule has 0 saturated heterocycles. The summed E-state index contributed by atoms with van der Waals surface area (Å²) in [7, 11) is -4.91. The van der Waals surface area contributed by atoms with Gasteiger partial charge in [-0.05, 0) is 39.7 Å². The highest BCUT2D eigenvalue weighted by atomic mass is 79.9. The van der Waals surface area contributed by atoms with Crippen molar-refractivity contribution in [1.82, 2.24) is 19.3 Å². The van der Waals surface area contributed by atoms with Crippen LogP contribution in [-0.2, 0) is 21.5 Å². The number of rotatable bonds is 10. The van der Waals surface area contributed by atoms with Gasteiger partial charge < -0.3 is 9.30 Å². The Hall–Kier alpha value is -2.10. The highest BCUT2D eigenvalue weighted by Crippen LogP contribution is 2.31. The van der Waals surface area contributed by atoms with Crippen molar-refractivity contribution in [1.29, 1.82) is 5.26 Å². The second kappa shape index (κ2) is 10.2. The quantitative estimate of drug-likeness (QED) is 0.305. The highest BCUT2D eigenvalue weighted by Gasteiger charge is 2.18. The molecule has 0 aliphatic heterocycles. The molecule has 0 amide bonds. The summed E-state index contributed by atoms with van der Waals surface area (Å²) in [6.45, 7) is 7.99. The molecule has 3 rings (SSSR count). The van der Waals surface area contributed by atoms with Gasteiger partial charge in [0.1, 0.15) is 16.9 Å². The van der Waals surface area contributed by atoms with Crippen LogP contribution in [0.25, 0.3) is 22.3 Å². The molecule has 0 aliphatic rings. The molecule has 0 aliphatic carbocycles. The highest BCUT2D eigenvalue weighted by molar-refractivity contribution is 9.10. The van der Waals surface area contributed by atoms with Gasteiger partial charge in [-0.2, -0.15) is 5.26 Å². The van der Waals surface area contributed by atoms with Gasteiger partial charge in [-0.1, -0.05) is 31.8 Å². The minimum atomic E-state index is -3.72. The van der Waals surface area contributed by atoms with Crippen LogP contribution in [0.1, 0.15) is 6.42 Å². The van der Waals surface area contributed by atoms with Crippen LogP contribution in [-0.4, -0.2) is 44.2 Å². The Kier molecular flexibility index (Phi) is 7.84. The number of sulfonamides is 1. The maximum absolute atomic E-state index is 12.6. The molecule has 170 valence electrons. The summed E-state index contributed by atoms with van der Waals surface area (Å²) in [6.07, 6.45) is 3.62. The Morgan fingerprint density at radius 2 is 2.09 bits per heavy atom. The number of fused-ring (bicyclic) bond motifs is 1. The number of nitriles is 1. The Labute approximate surface area is 197 Å². The van der Waals surface area contributed by atoms with Crippen LogP contribution >= 0.6 is 15.9 Å². The zero-order valence-corrected chi connectivity index (χ0v) is 21.7. The van der Waals surface area contributed by atoms with Gasteiger partial charge in [0.2, 0.25) is 10.0 Å². The van der Waals surface area contributed by atoms with Crippen molar-refractivity contribution < 1.29 is 13.2 Å². The van der Waals surface area contributed by atoms with Gasteiger partial charge in [0.05, 0.1) is 17.2 Å². The molecule has 11 heteroatoms. The maximum Gasteiger partial charge on any atom is 0.240 e. The molecule has 0 bridgehead atoms. The lowest BCUT2D eigenvalue weighted by atomic mass is 10.1. The minimum absolute atomic E-state index is 0.0650. The normalized spacial score (nSPS) is 12.2. The van der Waals surface area contributed by atoms with Crippen LogP contribution in [0, 0.1) is 11.3 Å². The Bertz CT molecular complexity index is 1250. The summed E-state index contributed by atoms with van der Waals surface area (Å²) in [5.74, 6) is 0. The van der Waals surface area contributed by atoms with Gasteiger partial charge in [-0.15, -0.1) is 0 Å². The van der Waals surface area contributed by atoms with Crippen molar-refractivity contribution in [2.75, 3.05) is 13.2 Å². The lowest BCUT2D eigenvalue weighted by Gasteiger charge is -2.15. The summed E-state index contributed by atoms with van der Waals surface area (Å²) in [6, 6.07) is 9.64. The molecule has 0 radical (unpaired) electrons. The number of hydrogen-bond donors (Lipinski definition) is 1. The predicted molar refractivity (Wildman–Crippen MR) is 130 cm³/mol. The second-order valence-electron chi connectivity index (χ2n) is 8.56. The molecule has 8 nitrogen and oxygen atoms in total. The molecule has 0 atom stereocenters. The number of aromatic nitrogens is 3. The first kappa shape index (κ1) is 24.5. The van der Waals surface area contributed by atoms with Gasteiger partial charge >= 0.3 is 0 Å². The maximum atomic E-state index is 12.6. The van der Waals surface area contributed by atoms with E-state index in [-0.39, 0.29) is 17.9 Å². The first-order valence-corrected chi connectivity index (χ1v) is 16.2. The van der Waals surface area contributed by atoms with Gasteiger partial charge in [0.25, 0.3) is 0 Å². The summed E-state index contributed by atoms with van der Waals surface area (Å²) >= 11 is 3.37. The zero-order chi connectivity index (χ0) is 23.4. The van der Waals surface area contributed by atoms with Crippen LogP contribution in [0.15, 0.2) is 46.2 Å². The largest absolute Gasteiger partial charge is 0.361 e. The Morgan fingerprint density at radius 3 is 2.81 bits per heavy atom. The minimum Gasteiger partial charge on any atom is -0.361 e. The molecule has 32 heavy (non-hydrogen) atoms. The third-order valence-electron chi connectivity index (χ3n) is 4.75. The lowest BCUT2D eigenvalue weighted by molar-refractivity contribution is 0.0899. The topological polar surface area (TPSA) is 110 Å². The molecule has 1 N–H and O–H groups in total. The van der Waals surface area contributed by atoms with Crippen molar-refractivity contribution in [2.24, 2.45) is 0 Å². The Balaban J connectivity index is 1.93. The predicted octanol–water partition coefficient (Wildman–Crippen LogP) is 4.37. The first-order chi connectivity index (χ1) is 15.1. The molecule has 3 aromatic rings. The van der Waals surface area contributed by atoms with Crippen LogP contribution in [0.3, 0.4) is 0 Å². The standard InChI is InChI=1S/C21H26BrN5O3SSi/c1-32(2,3)11-10-30-15-27-14-18(20-21(27)24-13-19(22)26-20)16-6-4-7-17(12-16)31(28,29)25-9-5-8-23/h4,6-7,12-14,25H,5,9-11,15H2,1-3H3. The monoisotopic (exact) mass is 535 g/mol. The fraction of sp³-hybridized carbons (Fsp3) is 0.381. The molecule has 2 heterocycles. The van der Waals surface area contributed by atoms with Crippen LogP contribution in [0.2, 0.25) is 25.7 Å². The van der Waals surface area contributed by atoms with Gasteiger partial charge in [-0.25, -0.2) is 23.1 Å². The lowest BCUT2D eigenvalue weighted by Crippen LogP contribution is -2.24. The van der Waals surface area contributed by atoms with Gasteiger partial charge in [-0.3, -0.25) is 0 Å². The average Bonchev–Trinajstić information content (AvgIpc) is 3.08. The van der Waals surface area contributed by atoms with Crippen LogP contribution in [0.4, 0.5) is 0 Å². The smallest absolute Gasteiger partial charge is 0.240 e. The second-order valence-corrected chi connectivity index (χ2v) is 16.8. The number of nitrogens with one attached hydrogen (secondary N) is 1. The number of hydrogen-bond acceptors (Lipinski definition) is 6. The molecule has 0 spiro atoms. The molecular formula is C21H26BrN5O3SSi. The molecule has 0 saturated carbocycles. The van der Waals surface area contributed by atoms with Crippen molar-refractivity contribution in [3.05, 3.63) is 41.3 Å². The van der Waals surface area contributed by atoms with Crippen molar-refractivity contribution in [2.45, 2.75) is 43.7 Å². The van der Waals surface area contributed by atoms with E-state index in [4.69, 9.17) is 10.00 Å². The summed E-state index contributed by atoms with van der Waals surface area (Å²) in [5, 5.41) is 8.66. The fourth-order valence-corrected chi connectivity index (χ4v) is 5.15. The SMILES string of the molecule is C[Si](C)(C)CCOCn1cc(-c2cccc(S(=O)(=O)NCCC#N)c2)c2nc(Br)cnc21. The molecule has 1 aromatic carbocycles. The molecule has 0 fully saturated rings. The van der Waals surface area contributed by atoms with Crippen molar-refractivity contribution >= 4 is 45.2 Å². The third-order valence-corrected chi connectivity index (χ3v) is 8.29. The van der Waals surface area contributed by atoms with E-state index in [1.165, 1.54) is 6.07 Å². The molecule has 2 aromatic heterocycles. The number of ether oxygens (including phenoxy) is 1. The summed E-state index contributed by atoms with van der Waals surface area (Å²) in [5.41, 5.74) is 2.78. The third kappa shape index (κ3) is 6.23. The number of benzene rings is 1. The van der Waals surface area contributed by atoms with E-state index in [9.17, 15) is 8.42 Å². The molecular weight excluding hydrogens is 510 g/mol. The van der Waals surface area contributed by atoms with Crippen molar-refractivity contribution in [3.8, 4) is 17.2 Å². The van der Waals surface area contributed by atoms with Crippen LogP contribution < -0.4 is 4.72 Å². The van der Waals surface area contributed by atoms with Crippen LogP contribution in [0.5, 0.6) is 0 Å². The van der Waals surface area contributed by atoms with E-state index in [1.807, 2.05) is 22.9 Å². The number of halogens is 1. The van der Waals surface area contributed by atoms with E-state index in [2.05, 4.69) is 50.3 Å². The van der Waals surface area contributed by atoms with E-state index < -0.39 is 18.1 Å². The van der Waals surface area contributed by atoms with E-state index >= 15 is 0 Å². The van der Waals surface area contributed by atoms with Crippen molar-refractivity contribution in [3.63, 3.8) is 0 Å². The zero-order valence-electron chi connectivity index (χ0n) is 18.3. The average molecular weight is 537 g/mol. The molecule has 0 unspecified atom stereocenters. The van der Waals surface area contributed by atoms with Gasteiger partial charge in [0.15, 0.2) is 5.65 Å². The Morgan fingerprint density at radius 1 is 1.31 bits per heavy atom. The van der Waals surface area contributed by atoms with E-state index in [0.717, 1.165) is 11.6 Å². The first-order valence-electron chi connectivity index (χ1n) is 10.2. The van der Waals surface area contributed by atoms with E-state index in [1.54, 1.807) is 18.3 Å².